The molecule has 0 aliphatic carbocycles. The standard InChI is InChI=1S/C22H17FN8O2.C2H6/c23-14-5-2-1-4-13(14)12-31-19(15-6-3-8-25-15)10-17(29-31)21-26-11-18(20(24)28-21)27-22(32)16-7-9-33-30-16;1-2/h1-7,9-11H,8,12H2,(H,27,32)(H2,24,26,28);1-2H3. The van der Waals surface area contributed by atoms with Gasteiger partial charge in [-0.15, -0.1) is 0 Å². The Kier molecular flexibility index (Phi) is 7.05. The van der Waals surface area contributed by atoms with Crippen LogP contribution < -0.4 is 11.1 Å². The quantitative estimate of drug-likeness (QED) is 0.434. The van der Waals surface area contributed by atoms with Gasteiger partial charge < -0.3 is 15.6 Å². The number of aliphatic imine (C=N–C) groups is 1. The van der Waals surface area contributed by atoms with E-state index in [2.05, 4.69) is 35.1 Å². The Morgan fingerprint density at radius 3 is 2.77 bits per heavy atom. The number of carbonyl (C=O) groups excluding carboxylic acids is 1. The topological polar surface area (TPSA) is 137 Å². The Morgan fingerprint density at radius 1 is 1.26 bits per heavy atom. The molecular formula is C24H23FN8O2. The van der Waals surface area contributed by atoms with E-state index in [-0.39, 0.29) is 35.4 Å². The molecule has 35 heavy (non-hydrogen) atoms. The van der Waals surface area contributed by atoms with Gasteiger partial charge >= 0.3 is 0 Å². The van der Waals surface area contributed by atoms with Crippen molar-refractivity contribution < 1.29 is 13.7 Å². The maximum Gasteiger partial charge on any atom is 0.277 e. The molecule has 4 heterocycles. The van der Waals surface area contributed by atoms with Crippen LogP contribution >= 0.6 is 0 Å². The molecule has 4 aromatic rings. The van der Waals surface area contributed by atoms with Crippen LogP contribution in [-0.4, -0.2) is 43.1 Å². The van der Waals surface area contributed by atoms with Gasteiger partial charge in [0.15, 0.2) is 17.3 Å². The minimum absolute atomic E-state index is 0.0557. The van der Waals surface area contributed by atoms with E-state index in [4.69, 9.17) is 5.73 Å². The zero-order chi connectivity index (χ0) is 24.8. The number of nitrogens with zero attached hydrogens (tertiary/aromatic N) is 6. The molecule has 178 valence electrons. The lowest BCUT2D eigenvalue weighted by Gasteiger charge is -2.08. The zero-order valence-electron chi connectivity index (χ0n) is 19.1. The Labute approximate surface area is 200 Å². The second kappa shape index (κ2) is 10.5. The smallest absolute Gasteiger partial charge is 0.277 e. The molecule has 10 nitrogen and oxygen atoms in total. The summed E-state index contributed by atoms with van der Waals surface area (Å²) in [5.74, 6) is -0.519. The van der Waals surface area contributed by atoms with E-state index >= 15 is 0 Å². The number of aromatic nitrogens is 5. The van der Waals surface area contributed by atoms with Crippen LogP contribution in [0.3, 0.4) is 0 Å². The van der Waals surface area contributed by atoms with Crippen LogP contribution in [0.1, 0.15) is 35.6 Å². The first-order chi connectivity index (χ1) is 17.1. The number of nitrogens with two attached hydrogens (primary N) is 1. The van der Waals surface area contributed by atoms with Crippen molar-refractivity contribution in [3.8, 4) is 11.5 Å². The van der Waals surface area contributed by atoms with Crippen molar-refractivity contribution in [2.75, 3.05) is 17.6 Å². The van der Waals surface area contributed by atoms with Crippen LogP contribution in [0.4, 0.5) is 15.9 Å². The summed E-state index contributed by atoms with van der Waals surface area (Å²) in [6, 6.07) is 9.71. The number of anilines is 2. The molecule has 3 aromatic heterocycles. The fourth-order valence-electron chi connectivity index (χ4n) is 3.31. The maximum absolute atomic E-state index is 14.2. The number of hydrogen-bond donors (Lipinski definition) is 2. The molecule has 1 amide bonds. The molecule has 0 saturated heterocycles. The normalized spacial score (nSPS) is 12.1. The van der Waals surface area contributed by atoms with Crippen molar-refractivity contribution in [3.05, 3.63) is 83.8 Å². The molecule has 1 aliphatic rings. The van der Waals surface area contributed by atoms with Crippen molar-refractivity contribution in [1.29, 1.82) is 0 Å². The zero-order valence-corrected chi connectivity index (χ0v) is 19.1. The molecule has 0 spiro atoms. The van der Waals surface area contributed by atoms with Gasteiger partial charge in [-0.3, -0.25) is 14.5 Å². The number of nitrogens with one attached hydrogen (secondary N) is 1. The summed E-state index contributed by atoms with van der Waals surface area (Å²) in [5.41, 5.74) is 8.72. The second-order valence-corrected chi connectivity index (χ2v) is 7.12. The first-order valence-corrected chi connectivity index (χ1v) is 11.0. The summed E-state index contributed by atoms with van der Waals surface area (Å²) >= 11 is 0. The van der Waals surface area contributed by atoms with Gasteiger partial charge in [-0.1, -0.05) is 43.3 Å². The highest BCUT2D eigenvalue weighted by Gasteiger charge is 2.19. The molecule has 0 saturated carbocycles. The number of amides is 1. The summed E-state index contributed by atoms with van der Waals surface area (Å²) < 4.78 is 20.6. The van der Waals surface area contributed by atoms with Gasteiger partial charge in [0, 0.05) is 11.6 Å². The van der Waals surface area contributed by atoms with Gasteiger partial charge in [-0.25, -0.2) is 14.4 Å². The average molecular weight is 475 g/mol. The monoisotopic (exact) mass is 474 g/mol. The lowest BCUT2D eigenvalue weighted by Crippen LogP contribution is -2.14. The Morgan fingerprint density at radius 2 is 2.09 bits per heavy atom. The molecule has 0 atom stereocenters. The molecular weight excluding hydrogens is 451 g/mol. The van der Waals surface area contributed by atoms with Gasteiger partial charge in [0.1, 0.15) is 23.5 Å². The van der Waals surface area contributed by atoms with Gasteiger partial charge in [0.2, 0.25) is 0 Å². The Balaban J connectivity index is 0.00000141. The van der Waals surface area contributed by atoms with Crippen molar-refractivity contribution in [2.45, 2.75) is 20.4 Å². The summed E-state index contributed by atoms with van der Waals surface area (Å²) in [6.45, 7) is 4.77. The number of rotatable bonds is 6. The first-order valence-electron chi connectivity index (χ1n) is 11.0. The van der Waals surface area contributed by atoms with Crippen molar-refractivity contribution in [1.82, 2.24) is 24.9 Å². The summed E-state index contributed by atoms with van der Waals surface area (Å²) in [7, 11) is 0. The van der Waals surface area contributed by atoms with E-state index in [0.29, 0.717) is 23.5 Å². The van der Waals surface area contributed by atoms with Crippen LogP contribution in [0.5, 0.6) is 0 Å². The van der Waals surface area contributed by atoms with Crippen LogP contribution in [0, 0.1) is 5.82 Å². The molecule has 1 aliphatic heterocycles. The van der Waals surface area contributed by atoms with E-state index in [1.165, 1.54) is 24.6 Å². The lowest BCUT2D eigenvalue weighted by molar-refractivity contribution is 0.101. The highest BCUT2D eigenvalue weighted by molar-refractivity contribution is 6.09. The average Bonchev–Trinajstić information content (AvgIpc) is 3.65. The SMILES string of the molecule is CC.Nc1nc(-c2cc(C3=NCC=C3)n(Cc3ccccc3F)n2)ncc1NC(=O)c1ccon1. The Hall–Kier alpha value is -4.67. The third-order valence-corrected chi connectivity index (χ3v) is 4.93. The van der Waals surface area contributed by atoms with E-state index < -0.39 is 5.91 Å². The minimum atomic E-state index is -0.505. The number of hydrogen-bond acceptors (Lipinski definition) is 8. The number of nitrogen functional groups attached to an aromatic ring is 1. The molecule has 3 N–H and O–H groups in total. The molecule has 0 radical (unpaired) electrons. The molecule has 5 rings (SSSR count). The van der Waals surface area contributed by atoms with Gasteiger partial charge in [-0.2, -0.15) is 5.10 Å². The van der Waals surface area contributed by atoms with Crippen LogP contribution in [0.25, 0.3) is 11.5 Å². The number of halogens is 1. The predicted molar refractivity (Wildman–Crippen MR) is 130 cm³/mol. The van der Waals surface area contributed by atoms with Gasteiger partial charge in [0.05, 0.1) is 30.7 Å². The third-order valence-electron chi connectivity index (χ3n) is 4.93. The maximum atomic E-state index is 14.2. The summed E-state index contributed by atoms with van der Waals surface area (Å²) in [6.07, 6.45) is 6.49. The van der Waals surface area contributed by atoms with Gasteiger partial charge in [-0.05, 0) is 18.2 Å². The van der Waals surface area contributed by atoms with E-state index in [1.807, 2.05) is 26.0 Å². The molecule has 11 heteroatoms. The lowest BCUT2D eigenvalue weighted by atomic mass is 10.2. The van der Waals surface area contributed by atoms with Crippen LogP contribution in [0.2, 0.25) is 0 Å². The van der Waals surface area contributed by atoms with Crippen LogP contribution in [0.15, 0.2) is 70.5 Å². The molecule has 1 aromatic carbocycles. The summed E-state index contributed by atoms with van der Waals surface area (Å²) in [5, 5.41) is 10.7. The van der Waals surface area contributed by atoms with E-state index in [1.54, 1.807) is 28.9 Å². The van der Waals surface area contributed by atoms with Crippen molar-refractivity contribution in [2.24, 2.45) is 4.99 Å². The third kappa shape index (κ3) is 5.13. The van der Waals surface area contributed by atoms with Crippen molar-refractivity contribution in [3.63, 3.8) is 0 Å². The molecule has 0 bridgehead atoms. The summed E-state index contributed by atoms with van der Waals surface area (Å²) in [4.78, 5) is 25.2. The number of benzene rings is 1. The fourth-order valence-corrected chi connectivity index (χ4v) is 3.31. The van der Waals surface area contributed by atoms with E-state index in [0.717, 1.165) is 5.71 Å². The highest BCUT2D eigenvalue weighted by atomic mass is 19.1. The second-order valence-electron chi connectivity index (χ2n) is 7.12. The fraction of sp³-hybridized carbons (Fsp3) is 0.167. The minimum Gasteiger partial charge on any atom is -0.382 e. The number of carbonyl (C=O) groups is 1. The molecule has 0 fully saturated rings. The predicted octanol–water partition coefficient (Wildman–Crippen LogP) is 3.74. The van der Waals surface area contributed by atoms with Crippen LogP contribution in [-0.2, 0) is 6.54 Å². The van der Waals surface area contributed by atoms with Gasteiger partial charge in [0.25, 0.3) is 5.91 Å². The first kappa shape index (κ1) is 23.5. The van der Waals surface area contributed by atoms with E-state index in [9.17, 15) is 9.18 Å². The number of allylic oxidation sites excluding steroid dienone is 1. The Bertz CT molecular complexity index is 1390. The largest absolute Gasteiger partial charge is 0.382 e. The highest BCUT2D eigenvalue weighted by Crippen LogP contribution is 2.23. The van der Waals surface area contributed by atoms with Crippen molar-refractivity contribution >= 4 is 23.1 Å². The molecule has 0 unspecified atom stereocenters.